The summed E-state index contributed by atoms with van der Waals surface area (Å²) in [6, 6.07) is 3.96. The van der Waals surface area contributed by atoms with Crippen LogP contribution in [0.15, 0.2) is 18.2 Å². The third-order valence-corrected chi connectivity index (χ3v) is 3.40. The Kier molecular flexibility index (Phi) is 5.04. The van der Waals surface area contributed by atoms with Crippen molar-refractivity contribution in [3.05, 3.63) is 33.9 Å². The van der Waals surface area contributed by atoms with E-state index in [0.717, 1.165) is 6.07 Å². The molecule has 1 aromatic carbocycles. The lowest BCUT2D eigenvalue weighted by Crippen LogP contribution is -2.35. The molecule has 7 nitrogen and oxygen atoms in total. The van der Waals surface area contributed by atoms with Crippen LogP contribution in [0.25, 0.3) is 0 Å². The molecule has 4 N–H and O–H groups in total. The lowest BCUT2D eigenvalue weighted by Gasteiger charge is -2.25. The molecule has 7 heteroatoms. The van der Waals surface area contributed by atoms with Gasteiger partial charge in [0, 0.05) is 18.2 Å². The number of carbonyl (C=O) groups is 1. The van der Waals surface area contributed by atoms with Crippen LogP contribution in [-0.4, -0.2) is 28.1 Å². The highest BCUT2D eigenvalue weighted by atomic mass is 16.6. The van der Waals surface area contributed by atoms with Gasteiger partial charge < -0.3 is 16.2 Å². The number of rotatable bonds is 7. The molecule has 0 heterocycles. The Balaban J connectivity index is 3.01. The molecule has 0 aliphatic carbocycles. The third-order valence-electron chi connectivity index (χ3n) is 3.40. The Hall–Kier alpha value is -2.15. The number of nitrogens with two attached hydrogens (primary N) is 1. The zero-order valence-electron chi connectivity index (χ0n) is 11.5. The minimum absolute atomic E-state index is 0.0727. The maximum absolute atomic E-state index is 11.0. The second-order valence-corrected chi connectivity index (χ2v) is 4.64. The molecule has 1 aromatic rings. The first-order valence-corrected chi connectivity index (χ1v) is 6.37. The molecule has 0 fully saturated rings. The first-order valence-electron chi connectivity index (χ1n) is 6.37. The summed E-state index contributed by atoms with van der Waals surface area (Å²) in [6.45, 7) is 3.88. The van der Waals surface area contributed by atoms with Gasteiger partial charge in [-0.05, 0) is 25.0 Å². The fourth-order valence-corrected chi connectivity index (χ4v) is 1.75. The van der Waals surface area contributed by atoms with Gasteiger partial charge in [-0.1, -0.05) is 13.8 Å². The SMILES string of the molecule is CCC(O)(CC)CNc1ccc(C(N)=O)cc1[N+](=O)[O-]. The van der Waals surface area contributed by atoms with Crippen LogP contribution >= 0.6 is 0 Å². The molecule has 0 radical (unpaired) electrons. The second kappa shape index (κ2) is 6.33. The van der Waals surface area contributed by atoms with Gasteiger partial charge >= 0.3 is 0 Å². The molecule has 0 aliphatic rings. The van der Waals surface area contributed by atoms with Crippen molar-refractivity contribution in [2.45, 2.75) is 32.3 Å². The number of hydrogen-bond acceptors (Lipinski definition) is 5. The molecule has 0 saturated heterocycles. The fraction of sp³-hybridized carbons (Fsp3) is 0.462. The molecular weight excluding hydrogens is 262 g/mol. The molecule has 0 aromatic heterocycles. The van der Waals surface area contributed by atoms with E-state index in [1.165, 1.54) is 12.1 Å². The summed E-state index contributed by atoms with van der Waals surface area (Å²) in [5.74, 6) is -0.724. The molecule has 0 saturated carbocycles. The first-order chi connectivity index (χ1) is 9.33. The lowest BCUT2D eigenvalue weighted by atomic mass is 9.97. The summed E-state index contributed by atoms with van der Waals surface area (Å²) in [5, 5.41) is 24.0. The minimum Gasteiger partial charge on any atom is -0.388 e. The van der Waals surface area contributed by atoms with Gasteiger partial charge in [-0.3, -0.25) is 14.9 Å². The van der Waals surface area contributed by atoms with E-state index in [0.29, 0.717) is 12.8 Å². The van der Waals surface area contributed by atoms with Gasteiger partial charge in [-0.15, -0.1) is 0 Å². The summed E-state index contributed by atoms with van der Waals surface area (Å²) in [6.07, 6.45) is 1.06. The number of nitro benzene ring substituents is 1. The van der Waals surface area contributed by atoms with Gasteiger partial charge in [0.25, 0.3) is 5.69 Å². The largest absolute Gasteiger partial charge is 0.388 e. The van der Waals surface area contributed by atoms with Crippen molar-refractivity contribution < 1.29 is 14.8 Å². The van der Waals surface area contributed by atoms with Crippen LogP contribution in [0.4, 0.5) is 11.4 Å². The number of carbonyl (C=O) groups excluding carboxylic acids is 1. The van der Waals surface area contributed by atoms with E-state index in [2.05, 4.69) is 5.32 Å². The summed E-state index contributed by atoms with van der Waals surface area (Å²) in [5.41, 5.74) is 4.26. The van der Waals surface area contributed by atoms with Crippen LogP contribution in [-0.2, 0) is 0 Å². The van der Waals surface area contributed by atoms with Crippen molar-refractivity contribution in [1.29, 1.82) is 0 Å². The smallest absolute Gasteiger partial charge is 0.293 e. The van der Waals surface area contributed by atoms with Gasteiger partial charge in [0.15, 0.2) is 0 Å². The lowest BCUT2D eigenvalue weighted by molar-refractivity contribution is -0.384. The van der Waals surface area contributed by atoms with Gasteiger partial charge in [-0.2, -0.15) is 0 Å². The maximum atomic E-state index is 11.0. The summed E-state index contributed by atoms with van der Waals surface area (Å²) in [7, 11) is 0. The molecule has 0 atom stereocenters. The Bertz CT molecular complexity index is 512. The van der Waals surface area contributed by atoms with Crippen molar-refractivity contribution in [2.24, 2.45) is 5.73 Å². The molecule has 0 spiro atoms. The number of primary amides is 1. The standard InChI is InChI=1S/C13H19N3O4/c1-3-13(18,4-2)8-15-10-6-5-9(12(14)17)7-11(10)16(19)20/h5-7,15,18H,3-4,8H2,1-2H3,(H2,14,17). The predicted molar refractivity (Wildman–Crippen MR) is 75.6 cm³/mol. The monoisotopic (exact) mass is 281 g/mol. The van der Waals surface area contributed by atoms with E-state index >= 15 is 0 Å². The zero-order chi connectivity index (χ0) is 15.3. The maximum Gasteiger partial charge on any atom is 0.293 e. The van der Waals surface area contributed by atoms with Crippen LogP contribution in [0.3, 0.4) is 0 Å². The molecule has 1 amide bonds. The predicted octanol–water partition coefficient (Wildman–Crippen LogP) is 1.66. The van der Waals surface area contributed by atoms with Crippen LogP contribution in [0.1, 0.15) is 37.0 Å². The Morgan fingerprint density at radius 2 is 2.05 bits per heavy atom. The molecule has 0 unspecified atom stereocenters. The Labute approximate surface area is 116 Å². The number of aliphatic hydroxyl groups is 1. The Morgan fingerprint density at radius 1 is 1.45 bits per heavy atom. The number of nitrogens with zero attached hydrogens (tertiary/aromatic N) is 1. The van der Waals surface area contributed by atoms with E-state index in [1.54, 1.807) is 0 Å². The highest BCUT2D eigenvalue weighted by Gasteiger charge is 2.24. The highest BCUT2D eigenvalue weighted by molar-refractivity contribution is 5.94. The van der Waals surface area contributed by atoms with E-state index in [-0.39, 0.29) is 23.5 Å². The van der Waals surface area contributed by atoms with Gasteiger partial charge in [0.2, 0.25) is 5.91 Å². The van der Waals surface area contributed by atoms with Crippen molar-refractivity contribution >= 4 is 17.3 Å². The molecule has 1 rings (SSSR count). The molecule has 20 heavy (non-hydrogen) atoms. The van der Waals surface area contributed by atoms with E-state index in [4.69, 9.17) is 5.73 Å². The van der Waals surface area contributed by atoms with Crippen molar-refractivity contribution in [3.8, 4) is 0 Å². The van der Waals surface area contributed by atoms with Crippen LogP contribution < -0.4 is 11.1 Å². The number of nitro groups is 1. The quantitative estimate of drug-likeness (QED) is 0.518. The van der Waals surface area contributed by atoms with Gasteiger partial charge in [0.05, 0.1) is 10.5 Å². The van der Waals surface area contributed by atoms with E-state index < -0.39 is 16.4 Å². The number of hydrogen-bond donors (Lipinski definition) is 3. The summed E-state index contributed by atoms with van der Waals surface area (Å²) >= 11 is 0. The molecule has 0 aliphatic heterocycles. The average Bonchev–Trinajstić information content (AvgIpc) is 2.44. The fourth-order valence-electron chi connectivity index (χ4n) is 1.75. The van der Waals surface area contributed by atoms with Crippen LogP contribution in [0.5, 0.6) is 0 Å². The second-order valence-electron chi connectivity index (χ2n) is 4.64. The molecular formula is C13H19N3O4. The zero-order valence-corrected chi connectivity index (χ0v) is 11.5. The summed E-state index contributed by atoms with van der Waals surface area (Å²) in [4.78, 5) is 21.5. The molecule has 0 bridgehead atoms. The Morgan fingerprint density at radius 3 is 2.50 bits per heavy atom. The minimum atomic E-state index is -0.920. The van der Waals surface area contributed by atoms with Crippen LogP contribution in [0.2, 0.25) is 0 Å². The highest BCUT2D eigenvalue weighted by Crippen LogP contribution is 2.26. The molecule has 110 valence electrons. The third kappa shape index (κ3) is 3.67. The van der Waals surface area contributed by atoms with Crippen molar-refractivity contribution in [2.75, 3.05) is 11.9 Å². The normalized spacial score (nSPS) is 11.2. The first kappa shape index (κ1) is 15.9. The van der Waals surface area contributed by atoms with Crippen LogP contribution in [0, 0.1) is 10.1 Å². The average molecular weight is 281 g/mol. The number of nitrogens with one attached hydrogen (secondary N) is 1. The number of benzene rings is 1. The van der Waals surface area contributed by atoms with E-state index in [9.17, 15) is 20.0 Å². The number of anilines is 1. The topological polar surface area (TPSA) is 118 Å². The van der Waals surface area contributed by atoms with Gasteiger partial charge in [-0.25, -0.2) is 0 Å². The number of amides is 1. The van der Waals surface area contributed by atoms with Crippen molar-refractivity contribution in [3.63, 3.8) is 0 Å². The van der Waals surface area contributed by atoms with Gasteiger partial charge in [0.1, 0.15) is 5.69 Å². The van der Waals surface area contributed by atoms with E-state index in [1.807, 2.05) is 13.8 Å². The summed E-state index contributed by atoms with van der Waals surface area (Å²) < 4.78 is 0. The van der Waals surface area contributed by atoms with Crippen molar-refractivity contribution in [1.82, 2.24) is 0 Å².